The highest BCUT2D eigenvalue weighted by Crippen LogP contribution is 2.30. The molecule has 18 heavy (non-hydrogen) atoms. The fourth-order valence-corrected chi connectivity index (χ4v) is 2.10. The second kappa shape index (κ2) is 3.47. The standard InChI is InChI=1S/C11H8F3N3O/c12-11(13,14)9-2-1-7-6(16-9)5-8-10(18)15-3-4-17(7)8/h1-2,5H,3-4H2,(H,15,18). The van der Waals surface area contributed by atoms with Gasteiger partial charge in [-0.15, -0.1) is 0 Å². The highest BCUT2D eigenvalue weighted by molar-refractivity contribution is 5.98. The average Bonchev–Trinajstić information content (AvgIpc) is 2.67. The van der Waals surface area contributed by atoms with Crippen molar-refractivity contribution < 1.29 is 18.0 Å². The Morgan fingerprint density at radius 3 is 2.83 bits per heavy atom. The second-order valence-electron chi connectivity index (χ2n) is 4.04. The van der Waals surface area contributed by atoms with Crippen molar-refractivity contribution in [1.29, 1.82) is 0 Å². The summed E-state index contributed by atoms with van der Waals surface area (Å²) >= 11 is 0. The van der Waals surface area contributed by atoms with Crippen LogP contribution >= 0.6 is 0 Å². The highest BCUT2D eigenvalue weighted by atomic mass is 19.4. The quantitative estimate of drug-likeness (QED) is 0.780. The number of nitrogens with zero attached hydrogens (tertiary/aromatic N) is 2. The van der Waals surface area contributed by atoms with Crippen molar-refractivity contribution in [2.75, 3.05) is 6.54 Å². The van der Waals surface area contributed by atoms with Crippen LogP contribution in [0.15, 0.2) is 18.2 Å². The number of rotatable bonds is 0. The lowest BCUT2D eigenvalue weighted by atomic mass is 10.3. The van der Waals surface area contributed by atoms with Gasteiger partial charge in [-0.25, -0.2) is 4.98 Å². The Hall–Kier alpha value is -2.05. The summed E-state index contributed by atoms with van der Waals surface area (Å²) in [6.45, 7) is 1.01. The van der Waals surface area contributed by atoms with Gasteiger partial charge in [0.05, 0.1) is 11.0 Å². The zero-order chi connectivity index (χ0) is 12.9. The number of alkyl halides is 3. The van der Waals surface area contributed by atoms with E-state index in [2.05, 4.69) is 10.3 Å². The van der Waals surface area contributed by atoms with Crippen LogP contribution in [0.25, 0.3) is 11.0 Å². The summed E-state index contributed by atoms with van der Waals surface area (Å²) in [6.07, 6.45) is -4.47. The third-order valence-corrected chi connectivity index (χ3v) is 2.90. The van der Waals surface area contributed by atoms with Crippen LogP contribution in [0.5, 0.6) is 0 Å². The van der Waals surface area contributed by atoms with Crippen LogP contribution < -0.4 is 5.32 Å². The second-order valence-corrected chi connectivity index (χ2v) is 4.04. The van der Waals surface area contributed by atoms with Gasteiger partial charge in [-0.1, -0.05) is 0 Å². The van der Waals surface area contributed by atoms with Crippen molar-refractivity contribution >= 4 is 16.9 Å². The average molecular weight is 255 g/mol. The van der Waals surface area contributed by atoms with Crippen LogP contribution in [0, 0.1) is 0 Å². The Bertz CT molecular complexity index is 645. The number of pyridine rings is 1. The predicted octanol–water partition coefficient (Wildman–Crippen LogP) is 1.80. The molecular weight excluding hydrogens is 247 g/mol. The van der Waals surface area contributed by atoms with E-state index in [4.69, 9.17) is 0 Å². The monoisotopic (exact) mass is 255 g/mol. The molecule has 0 fully saturated rings. The number of carbonyl (C=O) groups excluding carboxylic acids is 1. The van der Waals surface area contributed by atoms with Gasteiger partial charge in [0.25, 0.3) is 5.91 Å². The van der Waals surface area contributed by atoms with Gasteiger partial charge in [-0.2, -0.15) is 13.2 Å². The molecule has 0 unspecified atom stereocenters. The third kappa shape index (κ3) is 1.54. The maximum atomic E-state index is 12.5. The highest BCUT2D eigenvalue weighted by Gasteiger charge is 2.33. The van der Waals surface area contributed by atoms with Crippen LogP contribution in [0.3, 0.4) is 0 Å². The molecule has 0 atom stereocenters. The molecule has 1 aliphatic heterocycles. The number of hydrogen-bond acceptors (Lipinski definition) is 2. The number of fused-ring (bicyclic) bond motifs is 3. The van der Waals surface area contributed by atoms with Crippen molar-refractivity contribution in [2.45, 2.75) is 12.7 Å². The summed E-state index contributed by atoms with van der Waals surface area (Å²) in [5.74, 6) is -0.284. The Kier molecular flexibility index (Phi) is 2.13. The molecule has 0 saturated carbocycles. The molecular formula is C11H8F3N3O. The molecule has 1 aliphatic rings. The minimum atomic E-state index is -4.47. The van der Waals surface area contributed by atoms with Crippen LogP contribution in [0.4, 0.5) is 13.2 Å². The van der Waals surface area contributed by atoms with Gasteiger partial charge in [-0.3, -0.25) is 4.79 Å². The molecule has 3 rings (SSSR count). The molecule has 0 saturated heterocycles. The normalized spacial score (nSPS) is 15.6. The van der Waals surface area contributed by atoms with Crippen molar-refractivity contribution in [3.63, 3.8) is 0 Å². The molecule has 2 aromatic rings. The van der Waals surface area contributed by atoms with Crippen LogP contribution in [0.1, 0.15) is 16.2 Å². The first-order chi connectivity index (χ1) is 8.47. The lowest BCUT2D eigenvalue weighted by Crippen LogP contribution is -2.34. The van der Waals surface area contributed by atoms with E-state index in [-0.39, 0.29) is 11.4 Å². The molecule has 94 valence electrons. The lowest BCUT2D eigenvalue weighted by Gasteiger charge is -2.16. The van der Waals surface area contributed by atoms with Gasteiger partial charge in [0.1, 0.15) is 11.4 Å². The number of hydrogen-bond donors (Lipinski definition) is 1. The van der Waals surface area contributed by atoms with Gasteiger partial charge >= 0.3 is 6.18 Å². The first-order valence-corrected chi connectivity index (χ1v) is 5.32. The van der Waals surface area contributed by atoms with Crippen LogP contribution in [0.2, 0.25) is 0 Å². The summed E-state index contributed by atoms with van der Waals surface area (Å²) in [6, 6.07) is 3.68. The van der Waals surface area contributed by atoms with E-state index in [1.54, 1.807) is 4.57 Å². The van der Waals surface area contributed by atoms with E-state index in [9.17, 15) is 18.0 Å². The first kappa shape index (κ1) is 11.1. The summed E-state index contributed by atoms with van der Waals surface area (Å²) in [5.41, 5.74) is 0.145. The summed E-state index contributed by atoms with van der Waals surface area (Å²) < 4.78 is 39.3. The molecule has 7 heteroatoms. The first-order valence-electron chi connectivity index (χ1n) is 5.32. The van der Waals surface area contributed by atoms with Crippen molar-refractivity contribution in [3.05, 3.63) is 29.6 Å². The maximum Gasteiger partial charge on any atom is 0.433 e. The molecule has 0 bridgehead atoms. The minimum Gasteiger partial charge on any atom is -0.349 e. The predicted molar refractivity (Wildman–Crippen MR) is 57.1 cm³/mol. The van der Waals surface area contributed by atoms with Crippen LogP contribution in [-0.4, -0.2) is 22.0 Å². The molecule has 0 aromatic carbocycles. The molecule has 0 spiro atoms. The van der Waals surface area contributed by atoms with E-state index in [0.29, 0.717) is 24.3 Å². The summed E-state index contributed by atoms with van der Waals surface area (Å²) in [4.78, 5) is 15.1. The molecule has 2 aromatic heterocycles. The number of halogens is 3. The summed E-state index contributed by atoms with van der Waals surface area (Å²) in [5, 5.41) is 2.63. The van der Waals surface area contributed by atoms with E-state index in [1.807, 2.05) is 0 Å². The van der Waals surface area contributed by atoms with Gasteiger partial charge in [0, 0.05) is 13.1 Å². The fraction of sp³-hybridized carbons (Fsp3) is 0.273. The molecule has 1 amide bonds. The Morgan fingerprint density at radius 1 is 1.33 bits per heavy atom. The van der Waals surface area contributed by atoms with Gasteiger partial charge in [-0.05, 0) is 18.2 Å². The van der Waals surface area contributed by atoms with E-state index in [0.717, 1.165) is 6.07 Å². The number of carbonyl (C=O) groups is 1. The smallest absolute Gasteiger partial charge is 0.349 e. The molecule has 0 aliphatic carbocycles. The Morgan fingerprint density at radius 2 is 2.11 bits per heavy atom. The van der Waals surface area contributed by atoms with Gasteiger partial charge in [0.15, 0.2) is 0 Å². The zero-order valence-corrected chi connectivity index (χ0v) is 9.08. The minimum absolute atomic E-state index is 0.192. The fourth-order valence-electron chi connectivity index (χ4n) is 2.10. The largest absolute Gasteiger partial charge is 0.433 e. The maximum absolute atomic E-state index is 12.5. The van der Waals surface area contributed by atoms with Crippen molar-refractivity contribution in [1.82, 2.24) is 14.9 Å². The Labute approximate surface area is 99.4 Å². The number of aromatic nitrogens is 2. The number of nitrogens with one attached hydrogen (secondary N) is 1. The molecule has 0 radical (unpaired) electrons. The topological polar surface area (TPSA) is 46.9 Å². The van der Waals surface area contributed by atoms with E-state index >= 15 is 0 Å². The van der Waals surface area contributed by atoms with E-state index < -0.39 is 11.9 Å². The molecule has 1 N–H and O–H groups in total. The zero-order valence-electron chi connectivity index (χ0n) is 9.08. The molecule has 4 nitrogen and oxygen atoms in total. The van der Waals surface area contributed by atoms with E-state index in [1.165, 1.54) is 12.1 Å². The van der Waals surface area contributed by atoms with Crippen LogP contribution in [-0.2, 0) is 12.7 Å². The van der Waals surface area contributed by atoms with Crippen molar-refractivity contribution in [3.8, 4) is 0 Å². The Balaban J connectivity index is 2.22. The van der Waals surface area contributed by atoms with Crippen molar-refractivity contribution in [2.24, 2.45) is 0 Å². The third-order valence-electron chi connectivity index (χ3n) is 2.90. The molecule has 3 heterocycles. The SMILES string of the molecule is O=C1NCCn2c1cc1nc(C(F)(F)F)ccc12. The lowest BCUT2D eigenvalue weighted by molar-refractivity contribution is -0.140. The van der Waals surface area contributed by atoms with Gasteiger partial charge in [0.2, 0.25) is 0 Å². The summed E-state index contributed by atoms with van der Waals surface area (Å²) in [7, 11) is 0. The van der Waals surface area contributed by atoms with Gasteiger partial charge < -0.3 is 9.88 Å². The number of amides is 1.